The van der Waals surface area contributed by atoms with E-state index in [0.29, 0.717) is 12.2 Å². The summed E-state index contributed by atoms with van der Waals surface area (Å²) in [7, 11) is -2.85. The third-order valence-electron chi connectivity index (χ3n) is 7.95. The first-order chi connectivity index (χ1) is 20.6. The molecule has 13 atom stereocenters. The molecule has 0 amide bonds. The SMILES string of the molecule is CN[C@@H]1[C@@H](O)[C@@H](O[C@@H]2[C@@H](O)[C@H](O[C@H]3OC(CNC[C@@H](O)CO)=CC[C@H]3N)[C@@H](N)C[C@H]2NS(=O)(=O)[C@H](O)CCN)OC[C@]1(C)O. The predicted octanol–water partition coefficient (Wildman–Crippen LogP) is -6.24. The smallest absolute Gasteiger partial charge is 0.238 e. The van der Waals surface area contributed by atoms with Crippen LogP contribution in [0.4, 0.5) is 0 Å². The number of aliphatic hydroxyl groups is 6. The monoisotopic (exact) mass is 658 g/mol. The Morgan fingerprint density at radius 1 is 1.14 bits per heavy atom. The lowest BCUT2D eigenvalue weighted by Crippen LogP contribution is -2.69. The van der Waals surface area contributed by atoms with Crippen molar-refractivity contribution in [1.82, 2.24) is 15.4 Å². The topological polar surface area (TPSA) is 307 Å². The number of aliphatic hydroxyl groups excluding tert-OH is 5. The van der Waals surface area contributed by atoms with Gasteiger partial charge in [0.05, 0.1) is 44.0 Å². The van der Waals surface area contributed by atoms with Gasteiger partial charge in [-0.25, -0.2) is 13.1 Å². The molecule has 0 radical (unpaired) electrons. The van der Waals surface area contributed by atoms with E-state index < -0.39 is 94.9 Å². The Kier molecular flexibility index (Phi) is 13.7. The molecule has 258 valence electrons. The van der Waals surface area contributed by atoms with Crippen LogP contribution in [-0.2, 0) is 29.0 Å². The van der Waals surface area contributed by atoms with Crippen molar-refractivity contribution < 1.29 is 58.0 Å². The maximum atomic E-state index is 12.9. The summed E-state index contributed by atoms with van der Waals surface area (Å²) >= 11 is 0. The van der Waals surface area contributed by atoms with Crippen LogP contribution in [0.5, 0.6) is 0 Å². The molecule has 44 heavy (non-hydrogen) atoms. The Bertz CT molecular complexity index is 1040. The van der Waals surface area contributed by atoms with Gasteiger partial charge in [0, 0.05) is 19.0 Å². The fraction of sp³-hybridized carbons (Fsp3) is 0.920. The highest BCUT2D eigenvalue weighted by atomic mass is 32.2. The van der Waals surface area contributed by atoms with Gasteiger partial charge in [-0.2, -0.15) is 0 Å². The summed E-state index contributed by atoms with van der Waals surface area (Å²) in [6.45, 7) is 0.992. The summed E-state index contributed by atoms with van der Waals surface area (Å²) < 4.78 is 51.6. The number of rotatable bonds is 15. The zero-order chi connectivity index (χ0) is 32.8. The summed E-state index contributed by atoms with van der Waals surface area (Å²) in [6.07, 6.45) is -7.43. The Hall–Kier alpha value is -1.11. The van der Waals surface area contributed by atoms with Crippen molar-refractivity contribution in [3.63, 3.8) is 0 Å². The molecule has 3 aliphatic rings. The lowest BCUT2D eigenvalue weighted by atomic mass is 9.84. The van der Waals surface area contributed by atoms with Crippen molar-refractivity contribution in [3.8, 4) is 0 Å². The molecule has 15 N–H and O–H groups in total. The van der Waals surface area contributed by atoms with E-state index in [9.17, 15) is 34.0 Å². The molecule has 3 rings (SSSR count). The first-order valence-corrected chi connectivity index (χ1v) is 16.1. The minimum absolute atomic E-state index is 0.103. The van der Waals surface area contributed by atoms with Gasteiger partial charge in [0.15, 0.2) is 11.7 Å². The molecular weight excluding hydrogens is 608 g/mol. The summed E-state index contributed by atoms with van der Waals surface area (Å²) in [5.41, 5.74) is 14.7. The second kappa shape index (κ2) is 16.1. The van der Waals surface area contributed by atoms with Crippen LogP contribution < -0.4 is 32.6 Å². The van der Waals surface area contributed by atoms with Crippen LogP contribution in [0.15, 0.2) is 11.8 Å². The van der Waals surface area contributed by atoms with Crippen molar-refractivity contribution >= 4 is 10.0 Å². The summed E-state index contributed by atoms with van der Waals surface area (Å²) in [5, 5.41) is 67.6. The van der Waals surface area contributed by atoms with Gasteiger partial charge >= 0.3 is 0 Å². The van der Waals surface area contributed by atoms with Crippen molar-refractivity contribution in [1.29, 1.82) is 0 Å². The Morgan fingerprint density at radius 2 is 1.82 bits per heavy atom. The van der Waals surface area contributed by atoms with Gasteiger partial charge in [-0.1, -0.05) is 0 Å². The van der Waals surface area contributed by atoms with E-state index in [1.54, 1.807) is 6.08 Å². The van der Waals surface area contributed by atoms with Gasteiger partial charge in [0.25, 0.3) is 0 Å². The Balaban J connectivity index is 1.80. The van der Waals surface area contributed by atoms with Gasteiger partial charge in [0.2, 0.25) is 16.3 Å². The molecule has 0 aromatic rings. The molecule has 0 aromatic heterocycles. The summed E-state index contributed by atoms with van der Waals surface area (Å²) in [4.78, 5) is 0. The average Bonchev–Trinajstić information content (AvgIpc) is 2.95. The van der Waals surface area contributed by atoms with Crippen molar-refractivity contribution in [2.24, 2.45) is 17.2 Å². The summed E-state index contributed by atoms with van der Waals surface area (Å²) in [5.74, 6) is 0.442. The maximum absolute atomic E-state index is 12.9. The van der Waals surface area contributed by atoms with Crippen molar-refractivity contribution in [2.75, 3.05) is 39.9 Å². The van der Waals surface area contributed by atoms with E-state index in [-0.39, 0.29) is 39.1 Å². The molecule has 0 unspecified atom stereocenters. The van der Waals surface area contributed by atoms with Gasteiger partial charge in [0.1, 0.15) is 35.8 Å². The maximum Gasteiger partial charge on any atom is 0.238 e. The first kappa shape index (κ1) is 37.3. The van der Waals surface area contributed by atoms with Crippen LogP contribution in [0.25, 0.3) is 0 Å². The minimum Gasteiger partial charge on any atom is -0.467 e. The number of hydrogen-bond acceptors (Lipinski definition) is 17. The molecule has 2 fully saturated rings. The number of sulfonamides is 1. The van der Waals surface area contributed by atoms with Gasteiger partial charge in [-0.05, 0) is 39.4 Å². The van der Waals surface area contributed by atoms with Gasteiger partial charge < -0.3 is 77.4 Å². The van der Waals surface area contributed by atoms with Crippen LogP contribution in [0.3, 0.4) is 0 Å². The van der Waals surface area contributed by atoms with Crippen LogP contribution in [0.1, 0.15) is 26.2 Å². The van der Waals surface area contributed by atoms with Crippen LogP contribution in [0, 0.1) is 0 Å². The van der Waals surface area contributed by atoms with Crippen LogP contribution in [0.2, 0.25) is 0 Å². The molecule has 1 saturated heterocycles. The lowest BCUT2D eigenvalue weighted by molar-refractivity contribution is -0.303. The number of nitrogens with two attached hydrogens (primary N) is 3. The zero-order valence-corrected chi connectivity index (χ0v) is 25.8. The fourth-order valence-corrected chi connectivity index (χ4v) is 6.76. The van der Waals surface area contributed by atoms with E-state index in [4.69, 9.17) is 41.3 Å². The molecule has 1 saturated carbocycles. The van der Waals surface area contributed by atoms with Gasteiger partial charge in [-0.15, -0.1) is 0 Å². The second-order valence-electron chi connectivity index (χ2n) is 11.7. The predicted molar refractivity (Wildman–Crippen MR) is 155 cm³/mol. The third-order valence-corrected chi connectivity index (χ3v) is 9.54. The van der Waals surface area contributed by atoms with E-state index in [1.165, 1.54) is 14.0 Å². The standard InChI is InChI=1S/C25H50N6O12S/c1-25(37)11-40-24(19(36)22(25)29-2)43-21-16(31-44(38,39)17(34)5-6-26)7-15(28)20(18(21)35)42-23-14(27)4-3-13(41-23)9-30-8-12(33)10-32/h3,12,14-24,29-37H,4-11,26-28H2,1-2H3/t12-,14-,15+,16-,17+,18+,19-,20-,21+,22-,23-,24-,25+/m1/s1. The molecule has 2 heterocycles. The zero-order valence-electron chi connectivity index (χ0n) is 24.9. The largest absolute Gasteiger partial charge is 0.467 e. The van der Waals surface area contributed by atoms with Crippen molar-refractivity contribution in [3.05, 3.63) is 11.8 Å². The molecule has 0 spiro atoms. The third kappa shape index (κ3) is 9.25. The summed E-state index contributed by atoms with van der Waals surface area (Å²) in [6, 6.07) is -3.74. The van der Waals surface area contributed by atoms with Crippen molar-refractivity contribution in [2.45, 2.75) is 104 Å². The van der Waals surface area contributed by atoms with E-state index >= 15 is 0 Å². The van der Waals surface area contributed by atoms with E-state index in [0.717, 1.165) is 0 Å². The minimum atomic E-state index is -4.38. The van der Waals surface area contributed by atoms with Crippen LogP contribution >= 0.6 is 0 Å². The number of likely N-dealkylation sites (N-methyl/N-ethyl adjacent to an activating group) is 1. The average molecular weight is 659 g/mol. The normalized spacial score (nSPS) is 39.8. The highest BCUT2D eigenvalue weighted by Crippen LogP contribution is 2.32. The van der Waals surface area contributed by atoms with Gasteiger partial charge in [-0.3, -0.25) is 0 Å². The quantitative estimate of drug-likeness (QED) is 0.0778. The second-order valence-corrected chi connectivity index (χ2v) is 13.6. The molecular formula is C25H50N6O12S. The molecule has 18 nitrogen and oxygen atoms in total. The molecule has 0 aromatic carbocycles. The highest BCUT2D eigenvalue weighted by Gasteiger charge is 2.52. The van der Waals surface area contributed by atoms with E-state index in [1.807, 2.05) is 0 Å². The first-order valence-electron chi connectivity index (χ1n) is 14.6. The lowest BCUT2D eigenvalue weighted by Gasteiger charge is -2.48. The molecule has 1 aliphatic carbocycles. The number of ether oxygens (including phenoxy) is 4. The van der Waals surface area contributed by atoms with E-state index in [2.05, 4.69) is 15.4 Å². The Labute approximate surface area is 256 Å². The number of hydrogen-bond donors (Lipinski definition) is 12. The van der Waals surface area contributed by atoms with Crippen LogP contribution in [-0.4, -0.2) is 157 Å². The highest BCUT2D eigenvalue weighted by molar-refractivity contribution is 7.89. The fourth-order valence-electron chi connectivity index (χ4n) is 5.51. The Morgan fingerprint density at radius 3 is 2.45 bits per heavy atom. The molecule has 19 heteroatoms. The molecule has 2 aliphatic heterocycles. The number of nitrogens with one attached hydrogen (secondary N) is 3. The molecule has 0 bridgehead atoms.